The highest BCUT2D eigenvalue weighted by Crippen LogP contribution is 2.30. The smallest absolute Gasteiger partial charge is 0.255 e. The largest absolute Gasteiger partial charge is 0.496 e. The second-order valence-electron chi connectivity index (χ2n) is 7.90. The third kappa shape index (κ3) is 4.46. The van der Waals surface area contributed by atoms with Crippen molar-refractivity contribution in [1.82, 2.24) is 20.4 Å². The van der Waals surface area contributed by atoms with Gasteiger partial charge in [0.2, 0.25) is 0 Å². The first-order chi connectivity index (χ1) is 15.6. The molecule has 0 saturated carbocycles. The Hall–Kier alpha value is -3.74. The minimum atomic E-state index is -0.233. The monoisotopic (exact) mass is 430 g/mol. The first-order valence-corrected chi connectivity index (χ1v) is 10.6. The van der Waals surface area contributed by atoms with E-state index >= 15 is 0 Å². The van der Waals surface area contributed by atoms with Crippen molar-refractivity contribution >= 4 is 11.8 Å². The van der Waals surface area contributed by atoms with Crippen LogP contribution >= 0.6 is 0 Å². The summed E-state index contributed by atoms with van der Waals surface area (Å²) in [5.41, 5.74) is 3.00. The number of amides is 2. The van der Waals surface area contributed by atoms with Crippen molar-refractivity contribution in [1.29, 1.82) is 0 Å². The maximum absolute atomic E-state index is 13.2. The second-order valence-corrected chi connectivity index (χ2v) is 7.90. The Morgan fingerprint density at radius 3 is 2.59 bits per heavy atom. The van der Waals surface area contributed by atoms with Crippen LogP contribution in [0.25, 0.3) is 0 Å². The molecule has 1 aliphatic heterocycles. The van der Waals surface area contributed by atoms with Crippen LogP contribution in [0.5, 0.6) is 5.75 Å². The number of piperidine rings is 1. The zero-order valence-corrected chi connectivity index (χ0v) is 18.2. The topological polar surface area (TPSA) is 84.4 Å². The molecule has 0 radical (unpaired) electrons. The van der Waals surface area contributed by atoms with E-state index in [2.05, 4.69) is 27.6 Å². The van der Waals surface area contributed by atoms with Gasteiger partial charge in [0.15, 0.2) is 0 Å². The number of benzene rings is 2. The van der Waals surface area contributed by atoms with Crippen LogP contribution in [0.4, 0.5) is 0 Å². The van der Waals surface area contributed by atoms with Gasteiger partial charge in [0.1, 0.15) is 5.75 Å². The minimum absolute atomic E-state index is 0.102. The first-order valence-electron chi connectivity index (χ1n) is 10.6. The van der Waals surface area contributed by atoms with Crippen LogP contribution in [-0.2, 0) is 0 Å². The van der Waals surface area contributed by atoms with Gasteiger partial charge < -0.3 is 15.0 Å². The van der Waals surface area contributed by atoms with Crippen LogP contribution in [0.3, 0.4) is 0 Å². The van der Waals surface area contributed by atoms with E-state index in [0.29, 0.717) is 30.0 Å². The first kappa shape index (κ1) is 21.5. The van der Waals surface area contributed by atoms with Crippen molar-refractivity contribution in [3.05, 3.63) is 89.2 Å². The van der Waals surface area contributed by atoms with Gasteiger partial charge in [-0.3, -0.25) is 9.59 Å². The van der Waals surface area contributed by atoms with Crippen LogP contribution in [0.15, 0.2) is 67.0 Å². The summed E-state index contributed by atoms with van der Waals surface area (Å²) in [5.74, 6) is 0.490. The Labute approximate surface area is 187 Å². The summed E-state index contributed by atoms with van der Waals surface area (Å²) in [6, 6.07) is 17.0. The van der Waals surface area contributed by atoms with Gasteiger partial charge in [0.25, 0.3) is 11.8 Å². The number of hydrogen-bond donors (Lipinski definition) is 1. The molecule has 2 aromatic carbocycles. The lowest BCUT2D eigenvalue weighted by Crippen LogP contribution is -2.53. The zero-order valence-electron chi connectivity index (χ0n) is 18.2. The average Bonchev–Trinajstić information content (AvgIpc) is 2.84. The Bertz CT molecular complexity index is 1090. The normalized spacial score (nSPS) is 18.1. The van der Waals surface area contributed by atoms with E-state index in [1.54, 1.807) is 24.1 Å². The van der Waals surface area contributed by atoms with Gasteiger partial charge in [0.05, 0.1) is 31.1 Å². The summed E-state index contributed by atoms with van der Waals surface area (Å²) >= 11 is 0. The van der Waals surface area contributed by atoms with Gasteiger partial charge in [-0.2, -0.15) is 10.2 Å². The molecule has 0 bridgehead atoms. The molecule has 0 aliphatic carbocycles. The minimum Gasteiger partial charge on any atom is -0.496 e. The highest BCUT2D eigenvalue weighted by Gasteiger charge is 2.34. The SMILES string of the molecule is COc1cccc(C(=O)N[C@H]2CN(C(=O)c3ccnnc3)CC[C@H]2c2ccccc2)c1C. The summed E-state index contributed by atoms with van der Waals surface area (Å²) in [5, 5.41) is 10.8. The van der Waals surface area contributed by atoms with Crippen LogP contribution in [0.2, 0.25) is 0 Å². The second kappa shape index (κ2) is 9.60. The molecule has 32 heavy (non-hydrogen) atoms. The van der Waals surface area contributed by atoms with Crippen molar-refractivity contribution in [3.8, 4) is 5.75 Å². The Morgan fingerprint density at radius 1 is 1.06 bits per heavy atom. The van der Waals surface area contributed by atoms with E-state index in [9.17, 15) is 9.59 Å². The van der Waals surface area contributed by atoms with E-state index in [4.69, 9.17) is 4.74 Å². The van der Waals surface area contributed by atoms with Gasteiger partial charge in [-0.05, 0) is 37.1 Å². The highest BCUT2D eigenvalue weighted by atomic mass is 16.5. The lowest BCUT2D eigenvalue weighted by Gasteiger charge is -2.39. The molecular formula is C25H26N4O3. The third-order valence-corrected chi connectivity index (χ3v) is 6.02. The maximum atomic E-state index is 13.2. The molecule has 1 fully saturated rings. The predicted molar refractivity (Wildman–Crippen MR) is 121 cm³/mol. The number of likely N-dealkylation sites (tertiary alicyclic amines) is 1. The zero-order chi connectivity index (χ0) is 22.5. The molecule has 1 N–H and O–H groups in total. The van der Waals surface area contributed by atoms with Crippen molar-refractivity contribution in [2.45, 2.75) is 25.3 Å². The third-order valence-electron chi connectivity index (χ3n) is 6.02. The quantitative estimate of drug-likeness (QED) is 0.672. The van der Waals surface area contributed by atoms with Gasteiger partial charge in [0, 0.05) is 30.1 Å². The molecular weight excluding hydrogens is 404 g/mol. The molecule has 4 rings (SSSR count). The summed E-state index contributed by atoms with van der Waals surface area (Å²) in [6.45, 7) is 2.89. The lowest BCUT2D eigenvalue weighted by atomic mass is 9.84. The molecule has 2 amide bonds. The molecule has 3 aromatic rings. The summed E-state index contributed by atoms with van der Waals surface area (Å²) < 4.78 is 5.37. The van der Waals surface area contributed by atoms with Crippen LogP contribution in [-0.4, -0.2) is 53.2 Å². The number of aromatic nitrogens is 2. The van der Waals surface area contributed by atoms with Gasteiger partial charge >= 0.3 is 0 Å². The molecule has 7 heteroatoms. The fourth-order valence-corrected chi connectivity index (χ4v) is 4.31. The molecule has 2 heterocycles. The number of rotatable bonds is 5. The molecule has 1 aromatic heterocycles. The predicted octanol–water partition coefficient (Wildman–Crippen LogP) is 3.22. The summed E-state index contributed by atoms with van der Waals surface area (Å²) in [6.07, 6.45) is 3.73. The number of carbonyl (C=O) groups excluding carboxylic acids is 2. The Kier molecular flexibility index (Phi) is 6.44. The van der Waals surface area contributed by atoms with Crippen LogP contribution in [0, 0.1) is 6.92 Å². The summed E-state index contributed by atoms with van der Waals surface area (Å²) in [4.78, 5) is 28.0. The average molecular weight is 431 g/mol. The fourth-order valence-electron chi connectivity index (χ4n) is 4.31. The number of methoxy groups -OCH3 is 1. The van der Waals surface area contributed by atoms with Gasteiger partial charge in [-0.15, -0.1) is 0 Å². The number of ether oxygens (including phenoxy) is 1. The Morgan fingerprint density at radius 2 is 1.88 bits per heavy atom. The van der Waals surface area contributed by atoms with Crippen LogP contribution < -0.4 is 10.1 Å². The summed E-state index contributed by atoms with van der Waals surface area (Å²) in [7, 11) is 1.59. The van der Waals surface area contributed by atoms with Crippen molar-refractivity contribution in [2.75, 3.05) is 20.2 Å². The maximum Gasteiger partial charge on any atom is 0.255 e. The van der Waals surface area contributed by atoms with Crippen molar-refractivity contribution < 1.29 is 14.3 Å². The molecule has 164 valence electrons. The van der Waals surface area contributed by atoms with Gasteiger partial charge in [-0.1, -0.05) is 36.4 Å². The molecule has 7 nitrogen and oxygen atoms in total. The van der Waals surface area contributed by atoms with Crippen LogP contribution in [0.1, 0.15) is 44.2 Å². The van der Waals surface area contributed by atoms with E-state index in [-0.39, 0.29) is 23.8 Å². The van der Waals surface area contributed by atoms with E-state index in [0.717, 1.165) is 17.5 Å². The van der Waals surface area contributed by atoms with Gasteiger partial charge in [-0.25, -0.2) is 0 Å². The number of carbonyl (C=O) groups is 2. The van der Waals surface area contributed by atoms with E-state index < -0.39 is 0 Å². The van der Waals surface area contributed by atoms with E-state index in [1.807, 2.05) is 37.3 Å². The molecule has 1 saturated heterocycles. The van der Waals surface area contributed by atoms with Crippen molar-refractivity contribution in [2.24, 2.45) is 0 Å². The fraction of sp³-hybridized carbons (Fsp3) is 0.280. The lowest BCUT2D eigenvalue weighted by molar-refractivity contribution is 0.0654. The standard InChI is InChI=1S/C25H26N4O3/c1-17-20(9-6-10-23(17)32-2)24(30)28-22-16-29(25(31)19-11-13-26-27-15-19)14-12-21(22)18-7-4-3-5-8-18/h3-11,13,15,21-22H,12,14,16H2,1-2H3,(H,28,30)/t21-,22-/m0/s1. The van der Waals surface area contributed by atoms with E-state index in [1.165, 1.54) is 12.4 Å². The number of nitrogens with zero attached hydrogens (tertiary/aromatic N) is 3. The highest BCUT2D eigenvalue weighted by molar-refractivity contribution is 5.97. The van der Waals surface area contributed by atoms with Crippen molar-refractivity contribution in [3.63, 3.8) is 0 Å². The molecule has 2 atom stereocenters. The molecule has 0 unspecified atom stereocenters. The Balaban J connectivity index is 1.59. The number of hydrogen-bond acceptors (Lipinski definition) is 5. The molecule has 1 aliphatic rings. The number of nitrogens with one attached hydrogen (secondary N) is 1. The molecule has 0 spiro atoms.